The highest BCUT2D eigenvalue weighted by Crippen LogP contribution is 1.82. The van der Waals surface area contributed by atoms with E-state index >= 15 is 0 Å². The second-order valence-corrected chi connectivity index (χ2v) is 1.80. The Kier molecular flexibility index (Phi) is 4.76. The van der Waals surface area contributed by atoms with Crippen molar-refractivity contribution < 1.29 is 14.9 Å². The lowest BCUT2D eigenvalue weighted by Crippen LogP contribution is -2.01. The minimum atomic E-state index is -0.286. The first-order valence-corrected chi connectivity index (χ1v) is 3.00. The van der Waals surface area contributed by atoms with Crippen molar-refractivity contribution in [2.24, 2.45) is 11.5 Å². The van der Waals surface area contributed by atoms with Gasteiger partial charge in [0.15, 0.2) is 11.8 Å². The SMILES string of the molecule is NC(O)=CCOCC=C(N)O. The van der Waals surface area contributed by atoms with E-state index < -0.39 is 0 Å². The summed E-state index contributed by atoms with van der Waals surface area (Å²) in [5, 5.41) is 16.9. The Hall–Kier alpha value is -1.36. The number of hydrogen-bond acceptors (Lipinski definition) is 5. The van der Waals surface area contributed by atoms with Gasteiger partial charge in [-0.2, -0.15) is 0 Å². The van der Waals surface area contributed by atoms with E-state index in [9.17, 15) is 0 Å². The molecule has 0 aliphatic rings. The van der Waals surface area contributed by atoms with Gasteiger partial charge in [-0.05, 0) is 0 Å². The highest BCUT2D eigenvalue weighted by molar-refractivity contribution is 4.86. The van der Waals surface area contributed by atoms with Gasteiger partial charge in [0.25, 0.3) is 0 Å². The summed E-state index contributed by atoms with van der Waals surface area (Å²) in [5.41, 5.74) is 9.76. The monoisotopic (exact) mass is 160 g/mol. The normalized spacial score (nSPS) is 13.5. The number of nitrogens with two attached hydrogens (primary N) is 2. The van der Waals surface area contributed by atoms with Crippen LogP contribution < -0.4 is 11.5 Å². The third kappa shape index (κ3) is 8.64. The Morgan fingerprint density at radius 3 is 1.73 bits per heavy atom. The van der Waals surface area contributed by atoms with Crippen molar-refractivity contribution in [3.63, 3.8) is 0 Å². The highest BCUT2D eigenvalue weighted by atomic mass is 16.5. The topological polar surface area (TPSA) is 102 Å². The molecule has 0 atom stereocenters. The van der Waals surface area contributed by atoms with Crippen LogP contribution in [0.1, 0.15) is 0 Å². The molecule has 0 aliphatic heterocycles. The molecule has 0 radical (unpaired) electrons. The quantitative estimate of drug-likeness (QED) is 0.334. The van der Waals surface area contributed by atoms with E-state index in [-0.39, 0.29) is 25.0 Å². The van der Waals surface area contributed by atoms with Crippen molar-refractivity contribution in [1.82, 2.24) is 0 Å². The fourth-order valence-corrected chi connectivity index (χ4v) is 0.357. The van der Waals surface area contributed by atoms with Crippen molar-refractivity contribution in [2.45, 2.75) is 0 Å². The van der Waals surface area contributed by atoms with Crippen LogP contribution in [0.15, 0.2) is 23.9 Å². The minimum absolute atomic E-state index is 0.187. The molecule has 0 rings (SSSR count). The summed E-state index contributed by atoms with van der Waals surface area (Å²) in [4.78, 5) is 0. The van der Waals surface area contributed by atoms with Gasteiger partial charge in [-0.25, -0.2) is 0 Å². The van der Waals surface area contributed by atoms with Crippen molar-refractivity contribution in [3.8, 4) is 0 Å². The van der Waals surface area contributed by atoms with E-state index in [4.69, 9.17) is 26.4 Å². The molecule has 0 unspecified atom stereocenters. The number of ether oxygens (including phenoxy) is 1. The molecule has 0 spiro atoms. The largest absolute Gasteiger partial charge is 0.495 e. The van der Waals surface area contributed by atoms with Gasteiger partial charge in [-0.1, -0.05) is 0 Å². The fraction of sp³-hybridized carbons (Fsp3) is 0.333. The molecule has 64 valence electrons. The van der Waals surface area contributed by atoms with Crippen LogP contribution in [-0.2, 0) is 4.74 Å². The summed E-state index contributed by atoms with van der Waals surface area (Å²) in [6.07, 6.45) is 2.59. The van der Waals surface area contributed by atoms with E-state index in [0.29, 0.717) is 0 Å². The molecule has 0 fully saturated rings. The zero-order chi connectivity index (χ0) is 8.69. The van der Waals surface area contributed by atoms with Crippen molar-refractivity contribution in [1.29, 1.82) is 0 Å². The molecule has 0 aliphatic carbocycles. The second-order valence-electron chi connectivity index (χ2n) is 1.80. The van der Waals surface area contributed by atoms with Crippen LogP contribution in [0, 0.1) is 0 Å². The molecule has 5 heteroatoms. The molecule has 6 N–H and O–H groups in total. The van der Waals surface area contributed by atoms with Gasteiger partial charge < -0.3 is 26.4 Å². The molecular weight excluding hydrogens is 148 g/mol. The number of aliphatic hydroxyl groups is 2. The molecule has 0 aromatic carbocycles. The molecule has 5 nitrogen and oxygen atoms in total. The maximum Gasteiger partial charge on any atom is 0.179 e. The average molecular weight is 160 g/mol. The van der Waals surface area contributed by atoms with Gasteiger partial charge in [-0.3, -0.25) is 0 Å². The zero-order valence-electron chi connectivity index (χ0n) is 6.03. The van der Waals surface area contributed by atoms with Crippen molar-refractivity contribution >= 4 is 0 Å². The number of rotatable bonds is 4. The van der Waals surface area contributed by atoms with Crippen molar-refractivity contribution in [3.05, 3.63) is 23.9 Å². The molecule has 0 saturated carbocycles. The zero-order valence-corrected chi connectivity index (χ0v) is 6.03. The summed E-state index contributed by atoms with van der Waals surface area (Å²) < 4.78 is 4.82. The van der Waals surface area contributed by atoms with Crippen LogP contribution in [0.5, 0.6) is 0 Å². The Bertz CT molecular complexity index is 139. The summed E-state index contributed by atoms with van der Waals surface area (Å²) >= 11 is 0. The van der Waals surface area contributed by atoms with Crippen LogP contribution in [-0.4, -0.2) is 23.4 Å². The molecule has 0 saturated heterocycles. The minimum Gasteiger partial charge on any atom is -0.495 e. The smallest absolute Gasteiger partial charge is 0.179 e. The maximum absolute atomic E-state index is 8.43. The predicted molar refractivity (Wildman–Crippen MR) is 40.6 cm³/mol. The van der Waals surface area contributed by atoms with Crippen LogP contribution in [0.25, 0.3) is 0 Å². The Balaban J connectivity index is 3.29. The van der Waals surface area contributed by atoms with Crippen LogP contribution in [0.4, 0.5) is 0 Å². The van der Waals surface area contributed by atoms with E-state index in [1.54, 1.807) is 0 Å². The lowest BCUT2D eigenvalue weighted by Gasteiger charge is -1.95. The van der Waals surface area contributed by atoms with Gasteiger partial charge in [-0.15, -0.1) is 0 Å². The summed E-state index contributed by atoms with van der Waals surface area (Å²) in [5.74, 6) is -0.572. The maximum atomic E-state index is 8.43. The van der Waals surface area contributed by atoms with E-state index in [1.165, 1.54) is 12.2 Å². The summed E-state index contributed by atoms with van der Waals surface area (Å²) in [7, 11) is 0. The first kappa shape index (κ1) is 9.64. The third-order valence-corrected chi connectivity index (χ3v) is 0.821. The van der Waals surface area contributed by atoms with E-state index in [1.807, 2.05) is 0 Å². The molecule has 0 aromatic heterocycles. The van der Waals surface area contributed by atoms with Gasteiger partial charge in [0.1, 0.15) is 0 Å². The van der Waals surface area contributed by atoms with Gasteiger partial charge >= 0.3 is 0 Å². The lowest BCUT2D eigenvalue weighted by atomic mass is 10.6. The van der Waals surface area contributed by atoms with Crippen molar-refractivity contribution in [2.75, 3.05) is 13.2 Å². The van der Waals surface area contributed by atoms with E-state index in [2.05, 4.69) is 0 Å². The molecule has 0 bridgehead atoms. The first-order valence-electron chi connectivity index (χ1n) is 3.00. The van der Waals surface area contributed by atoms with Crippen LogP contribution in [0.3, 0.4) is 0 Å². The molecule has 0 heterocycles. The van der Waals surface area contributed by atoms with Gasteiger partial charge in [0, 0.05) is 12.2 Å². The Labute approximate surface area is 64.6 Å². The fourth-order valence-electron chi connectivity index (χ4n) is 0.357. The predicted octanol–water partition coefficient (Wildman–Crippen LogP) is -0.281. The molecular formula is C6H12N2O3. The Morgan fingerprint density at radius 1 is 1.09 bits per heavy atom. The van der Waals surface area contributed by atoms with Gasteiger partial charge in [0.2, 0.25) is 0 Å². The molecule has 0 aromatic rings. The Morgan fingerprint density at radius 2 is 1.45 bits per heavy atom. The van der Waals surface area contributed by atoms with Gasteiger partial charge in [0.05, 0.1) is 13.2 Å². The summed E-state index contributed by atoms with van der Waals surface area (Å²) in [6.45, 7) is 0.373. The van der Waals surface area contributed by atoms with Crippen LogP contribution >= 0.6 is 0 Å². The second kappa shape index (κ2) is 5.43. The summed E-state index contributed by atoms with van der Waals surface area (Å²) in [6, 6.07) is 0. The van der Waals surface area contributed by atoms with Crippen LogP contribution in [0.2, 0.25) is 0 Å². The van der Waals surface area contributed by atoms with E-state index in [0.717, 1.165) is 0 Å². The third-order valence-electron chi connectivity index (χ3n) is 0.821. The highest BCUT2D eigenvalue weighted by Gasteiger charge is 1.84. The first-order chi connectivity index (χ1) is 5.13. The standard InChI is InChI=1S/C6H12N2O3/c7-5(9)1-3-11-4-2-6(8)10/h1-2,9-10H,3-4,7-8H2. The molecule has 11 heavy (non-hydrogen) atoms. The average Bonchev–Trinajstić information content (AvgIpc) is 1.85. The lowest BCUT2D eigenvalue weighted by molar-refractivity contribution is 0.187. The number of hydrogen-bond donors (Lipinski definition) is 4. The number of aliphatic hydroxyl groups excluding tert-OH is 2. The molecule has 0 amide bonds.